The zero-order valence-corrected chi connectivity index (χ0v) is 20.9. The Bertz CT molecular complexity index is 1350. The molecule has 34 heavy (non-hydrogen) atoms. The molecule has 0 N–H and O–H groups in total. The lowest BCUT2D eigenvalue weighted by Gasteiger charge is -2.29. The maximum Gasteiger partial charge on any atom is 0.336 e. The Morgan fingerprint density at radius 2 is 1.79 bits per heavy atom. The molecule has 1 aliphatic heterocycles. The van der Waals surface area contributed by atoms with Gasteiger partial charge in [0.05, 0.1) is 25.7 Å². The molecule has 4 rings (SSSR count). The molecule has 1 saturated heterocycles. The number of fused-ring (bicyclic) bond motifs is 1. The SMILES string of the molecule is COc1ccc(CN(Cc2cc(=O)oc3ccc(C(C)C)cc23)[C@H]2CCS(=O)(=O)C2)cc1OC. The Balaban J connectivity index is 1.74. The van der Waals surface area contributed by atoms with E-state index in [2.05, 4.69) is 24.8 Å². The van der Waals surface area contributed by atoms with Crippen molar-refractivity contribution in [3.05, 3.63) is 69.6 Å². The van der Waals surface area contributed by atoms with Gasteiger partial charge in [-0.15, -0.1) is 0 Å². The first-order valence-corrected chi connectivity index (χ1v) is 13.2. The van der Waals surface area contributed by atoms with Gasteiger partial charge in [0, 0.05) is 30.6 Å². The third-order valence-electron chi connectivity index (χ3n) is 6.45. The molecule has 182 valence electrons. The van der Waals surface area contributed by atoms with Crippen molar-refractivity contribution in [2.75, 3.05) is 25.7 Å². The van der Waals surface area contributed by atoms with Crippen LogP contribution in [0.2, 0.25) is 0 Å². The Morgan fingerprint density at radius 1 is 1.03 bits per heavy atom. The molecular weight excluding hydrogens is 454 g/mol. The summed E-state index contributed by atoms with van der Waals surface area (Å²) in [6, 6.07) is 13.0. The van der Waals surface area contributed by atoms with Crippen molar-refractivity contribution in [1.82, 2.24) is 4.90 Å². The molecule has 0 aliphatic carbocycles. The van der Waals surface area contributed by atoms with E-state index in [1.165, 1.54) is 6.07 Å². The van der Waals surface area contributed by atoms with Gasteiger partial charge in [0.2, 0.25) is 0 Å². The van der Waals surface area contributed by atoms with Gasteiger partial charge >= 0.3 is 5.63 Å². The van der Waals surface area contributed by atoms with Crippen LogP contribution >= 0.6 is 0 Å². The molecule has 3 aromatic rings. The van der Waals surface area contributed by atoms with Crippen LogP contribution < -0.4 is 15.1 Å². The molecule has 1 aromatic heterocycles. The molecule has 0 saturated carbocycles. The van der Waals surface area contributed by atoms with Gasteiger partial charge in [-0.3, -0.25) is 4.90 Å². The van der Waals surface area contributed by atoms with Crippen molar-refractivity contribution in [3.63, 3.8) is 0 Å². The van der Waals surface area contributed by atoms with E-state index in [0.717, 1.165) is 22.1 Å². The molecule has 8 heteroatoms. The average Bonchev–Trinajstić information content (AvgIpc) is 3.17. The summed E-state index contributed by atoms with van der Waals surface area (Å²) in [6.45, 7) is 5.17. The highest BCUT2D eigenvalue weighted by atomic mass is 32.2. The largest absolute Gasteiger partial charge is 0.493 e. The highest BCUT2D eigenvalue weighted by Crippen LogP contribution is 2.31. The number of ether oxygens (including phenoxy) is 2. The molecule has 0 unspecified atom stereocenters. The Kier molecular flexibility index (Phi) is 7.00. The van der Waals surface area contributed by atoms with E-state index in [0.29, 0.717) is 42.5 Å². The summed E-state index contributed by atoms with van der Waals surface area (Å²) in [6.07, 6.45) is 0.562. The molecule has 0 spiro atoms. The predicted octanol–water partition coefficient (Wildman–Crippen LogP) is 4.12. The maximum absolute atomic E-state index is 12.3. The van der Waals surface area contributed by atoms with Crippen molar-refractivity contribution >= 4 is 20.8 Å². The fourth-order valence-electron chi connectivity index (χ4n) is 4.55. The van der Waals surface area contributed by atoms with Crippen LogP contribution in [-0.2, 0) is 22.9 Å². The van der Waals surface area contributed by atoms with Crippen LogP contribution in [0.5, 0.6) is 11.5 Å². The molecule has 1 aliphatic rings. The number of hydrogen-bond donors (Lipinski definition) is 0. The monoisotopic (exact) mass is 485 g/mol. The predicted molar refractivity (Wildman–Crippen MR) is 132 cm³/mol. The highest BCUT2D eigenvalue weighted by molar-refractivity contribution is 7.91. The van der Waals surface area contributed by atoms with Gasteiger partial charge in [0.25, 0.3) is 0 Å². The van der Waals surface area contributed by atoms with E-state index < -0.39 is 15.5 Å². The average molecular weight is 486 g/mol. The lowest BCUT2D eigenvalue weighted by molar-refractivity contribution is 0.194. The molecule has 7 nitrogen and oxygen atoms in total. The van der Waals surface area contributed by atoms with Crippen molar-refractivity contribution in [3.8, 4) is 11.5 Å². The molecule has 1 atom stereocenters. The van der Waals surface area contributed by atoms with Gasteiger partial charge in [0.1, 0.15) is 5.58 Å². The Hall–Kier alpha value is -2.84. The quantitative estimate of drug-likeness (QED) is 0.444. The second-order valence-electron chi connectivity index (χ2n) is 9.15. The summed E-state index contributed by atoms with van der Waals surface area (Å²) in [5, 5.41) is 0.879. The first-order chi connectivity index (χ1) is 16.2. The van der Waals surface area contributed by atoms with Gasteiger partial charge in [-0.05, 0) is 53.3 Å². The number of sulfone groups is 1. The van der Waals surface area contributed by atoms with Crippen LogP contribution in [0.4, 0.5) is 0 Å². The third kappa shape index (κ3) is 5.28. The van der Waals surface area contributed by atoms with Crippen molar-refractivity contribution in [1.29, 1.82) is 0 Å². The highest BCUT2D eigenvalue weighted by Gasteiger charge is 2.32. The van der Waals surface area contributed by atoms with Crippen LogP contribution in [0.15, 0.2) is 51.7 Å². The standard InChI is InChI=1S/C26H31NO6S/c1-17(2)19-6-8-23-22(12-19)20(13-26(28)33-23)15-27(21-9-10-34(29,30)16-21)14-18-5-7-24(31-3)25(11-18)32-4/h5-8,11-13,17,21H,9-10,14-16H2,1-4H3/t21-/m0/s1. The smallest absolute Gasteiger partial charge is 0.336 e. The summed E-state index contributed by atoms with van der Waals surface area (Å²) >= 11 is 0. The lowest BCUT2D eigenvalue weighted by Crippen LogP contribution is -2.35. The first kappa shape index (κ1) is 24.3. The normalized spacial score (nSPS) is 17.5. The summed E-state index contributed by atoms with van der Waals surface area (Å²) in [7, 11) is 0.0922. The molecule has 1 fully saturated rings. The molecule has 0 radical (unpaired) electrons. The van der Waals surface area contributed by atoms with E-state index in [9.17, 15) is 13.2 Å². The zero-order valence-electron chi connectivity index (χ0n) is 20.0. The van der Waals surface area contributed by atoms with E-state index in [-0.39, 0.29) is 17.5 Å². The Morgan fingerprint density at radius 3 is 2.44 bits per heavy atom. The summed E-state index contributed by atoms with van der Waals surface area (Å²) < 4.78 is 40.8. The third-order valence-corrected chi connectivity index (χ3v) is 8.20. The Labute approximate surface area is 200 Å². The van der Waals surface area contributed by atoms with E-state index in [1.54, 1.807) is 14.2 Å². The maximum atomic E-state index is 12.3. The van der Waals surface area contributed by atoms with E-state index >= 15 is 0 Å². The van der Waals surface area contributed by atoms with Crippen LogP contribution in [0.3, 0.4) is 0 Å². The van der Waals surface area contributed by atoms with Crippen LogP contribution in [0.25, 0.3) is 11.0 Å². The summed E-state index contributed by atoms with van der Waals surface area (Å²) in [4.78, 5) is 14.5. The van der Waals surface area contributed by atoms with E-state index in [4.69, 9.17) is 13.9 Å². The zero-order chi connectivity index (χ0) is 24.5. The van der Waals surface area contributed by atoms with Crippen LogP contribution in [0.1, 0.15) is 42.9 Å². The molecule has 0 bridgehead atoms. The molecular formula is C26H31NO6S. The molecule has 2 heterocycles. The van der Waals surface area contributed by atoms with Gasteiger partial charge in [-0.1, -0.05) is 26.0 Å². The van der Waals surface area contributed by atoms with Gasteiger partial charge < -0.3 is 13.9 Å². The van der Waals surface area contributed by atoms with Gasteiger partial charge in [-0.25, -0.2) is 13.2 Å². The van der Waals surface area contributed by atoms with Gasteiger partial charge in [0.15, 0.2) is 21.3 Å². The number of benzene rings is 2. The first-order valence-electron chi connectivity index (χ1n) is 11.4. The minimum Gasteiger partial charge on any atom is -0.493 e. The van der Waals surface area contributed by atoms with Crippen LogP contribution in [0, 0.1) is 0 Å². The minimum absolute atomic E-state index is 0.108. The molecule has 2 aromatic carbocycles. The number of hydrogen-bond acceptors (Lipinski definition) is 7. The van der Waals surface area contributed by atoms with Crippen molar-refractivity contribution in [2.45, 2.75) is 45.3 Å². The lowest BCUT2D eigenvalue weighted by atomic mass is 9.99. The van der Waals surface area contributed by atoms with Gasteiger partial charge in [-0.2, -0.15) is 0 Å². The molecule has 0 amide bonds. The number of nitrogens with zero attached hydrogens (tertiary/aromatic N) is 1. The topological polar surface area (TPSA) is 86.0 Å². The fraction of sp³-hybridized carbons (Fsp3) is 0.423. The van der Waals surface area contributed by atoms with Crippen molar-refractivity contribution in [2.24, 2.45) is 0 Å². The number of rotatable bonds is 8. The summed E-state index contributed by atoms with van der Waals surface area (Å²) in [5.74, 6) is 1.86. The fourth-order valence-corrected chi connectivity index (χ4v) is 6.31. The van der Waals surface area contributed by atoms with Crippen molar-refractivity contribution < 1.29 is 22.3 Å². The second-order valence-corrected chi connectivity index (χ2v) is 11.4. The van der Waals surface area contributed by atoms with E-state index in [1.807, 2.05) is 30.3 Å². The minimum atomic E-state index is -3.08. The number of methoxy groups -OCH3 is 2. The second kappa shape index (κ2) is 9.80. The summed E-state index contributed by atoms with van der Waals surface area (Å²) in [5.41, 5.74) is 3.08. The van der Waals surface area contributed by atoms with Crippen LogP contribution in [-0.4, -0.2) is 45.1 Å².